The van der Waals surface area contributed by atoms with Gasteiger partial charge in [0.05, 0.1) is 11.6 Å². The van der Waals surface area contributed by atoms with Crippen molar-refractivity contribution in [2.24, 2.45) is 5.73 Å². The zero-order valence-corrected chi connectivity index (χ0v) is 9.29. The number of ketones is 1. The van der Waals surface area contributed by atoms with Crippen LogP contribution in [0, 0.1) is 0 Å². The molecule has 0 radical (unpaired) electrons. The van der Waals surface area contributed by atoms with Crippen LogP contribution in [0.5, 0.6) is 0 Å². The lowest BCUT2D eigenvalue weighted by Crippen LogP contribution is -2.32. The maximum Gasteiger partial charge on any atom is 0.417 e. The molecule has 1 unspecified atom stereocenters. The molecule has 1 atom stereocenters. The molecule has 0 spiro atoms. The van der Waals surface area contributed by atoms with Crippen LogP contribution in [0.4, 0.5) is 13.2 Å². The molecule has 6 heteroatoms. The van der Waals surface area contributed by atoms with Crippen molar-refractivity contribution in [3.63, 3.8) is 0 Å². The van der Waals surface area contributed by atoms with E-state index in [0.717, 1.165) is 18.5 Å². The van der Waals surface area contributed by atoms with Gasteiger partial charge in [-0.2, -0.15) is 13.2 Å². The van der Waals surface area contributed by atoms with Gasteiger partial charge < -0.3 is 5.73 Å². The van der Waals surface area contributed by atoms with E-state index in [4.69, 9.17) is 5.73 Å². The van der Waals surface area contributed by atoms with Crippen molar-refractivity contribution in [2.75, 3.05) is 0 Å². The summed E-state index contributed by atoms with van der Waals surface area (Å²) >= 11 is 0. The van der Waals surface area contributed by atoms with Crippen LogP contribution in [0.1, 0.15) is 35.7 Å². The average molecular weight is 246 g/mol. The van der Waals surface area contributed by atoms with Gasteiger partial charge in [-0.3, -0.25) is 9.78 Å². The molecule has 0 amide bonds. The standard InChI is InChI=1S/C11H13F3N2O/c1-2-3-9(15)10(17)7-6-16-5-4-8(7)11(12,13)14/h4-6,9H,2-3,15H2,1H3. The third-order valence-electron chi connectivity index (χ3n) is 2.33. The Kier molecular flexibility index (Phi) is 4.22. The van der Waals surface area contributed by atoms with Crippen LogP contribution in [0.15, 0.2) is 18.5 Å². The first-order valence-corrected chi connectivity index (χ1v) is 5.19. The van der Waals surface area contributed by atoms with Crippen molar-refractivity contribution >= 4 is 5.78 Å². The summed E-state index contributed by atoms with van der Waals surface area (Å²) in [5, 5.41) is 0. The first-order chi connectivity index (χ1) is 7.88. The minimum Gasteiger partial charge on any atom is -0.321 e. The fraction of sp³-hybridized carbons (Fsp3) is 0.455. The average Bonchev–Trinajstić information content (AvgIpc) is 2.27. The molecule has 1 aromatic rings. The van der Waals surface area contributed by atoms with Crippen molar-refractivity contribution in [1.29, 1.82) is 0 Å². The quantitative estimate of drug-likeness (QED) is 0.830. The maximum absolute atomic E-state index is 12.6. The molecule has 0 aliphatic heterocycles. The number of nitrogens with zero attached hydrogens (tertiary/aromatic N) is 1. The molecule has 17 heavy (non-hydrogen) atoms. The smallest absolute Gasteiger partial charge is 0.321 e. The largest absolute Gasteiger partial charge is 0.417 e. The molecule has 94 valence electrons. The van der Waals surface area contributed by atoms with Crippen molar-refractivity contribution in [3.05, 3.63) is 29.6 Å². The summed E-state index contributed by atoms with van der Waals surface area (Å²) < 4.78 is 37.9. The SMILES string of the molecule is CCCC(N)C(=O)c1cnccc1C(F)(F)F. The van der Waals surface area contributed by atoms with Gasteiger partial charge in [0.15, 0.2) is 5.78 Å². The van der Waals surface area contributed by atoms with Crippen LogP contribution < -0.4 is 5.73 Å². The minimum absolute atomic E-state index is 0.352. The zero-order chi connectivity index (χ0) is 13.1. The summed E-state index contributed by atoms with van der Waals surface area (Å²) in [6, 6.07) is -0.128. The van der Waals surface area contributed by atoms with Crippen LogP contribution in [0.2, 0.25) is 0 Å². The number of carbonyl (C=O) groups excluding carboxylic acids is 1. The van der Waals surface area contributed by atoms with Crippen LogP contribution in [0.3, 0.4) is 0 Å². The van der Waals surface area contributed by atoms with E-state index >= 15 is 0 Å². The summed E-state index contributed by atoms with van der Waals surface area (Å²) in [6.07, 6.45) is -1.66. The van der Waals surface area contributed by atoms with Gasteiger partial charge >= 0.3 is 6.18 Å². The van der Waals surface area contributed by atoms with E-state index < -0.39 is 29.1 Å². The Morgan fingerprint density at radius 2 is 2.18 bits per heavy atom. The molecule has 0 fully saturated rings. The highest BCUT2D eigenvalue weighted by atomic mass is 19.4. The molecule has 0 saturated carbocycles. The molecular formula is C11H13F3N2O. The molecule has 0 aliphatic rings. The molecule has 0 aliphatic carbocycles. The van der Waals surface area contributed by atoms with Gasteiger partial charge in [0.2, 0.25) is 0 Å². The Morgan fingerprint density at radius 1 is 1.53 bits per heavy atom. The number of nitrogens with two attached hydrogens (primary N) is 1. The third kappa shape index (κ3) is 3.26. The fourth-order valence-corrected chi connectivity index (χ4v) is 1.48. The molecule has 1 aromatic heterocycles. The van der Waals surface area contributed by atoms with Crippen LogP contribution in [-0.4, -0.2) is 16.8 Å². The number of hydrogen-bond donors (Lipinski definition) is 1. The molecule has 3 nitrogen and oxygen atoms in total. The number of halogens is 3. The van der Waals surface area contributed by atoms with Crippen LogP contribution >= 0.6 is 0 Å². The van der Waals surface area contributed by atoms with E-state index in [-0.39, 0.29) is 0 Å². The second kappa shape index (κ2) is 5.27. The summed E-state index contributed by atoms with van der Waals surface area (Å²) in [5.41, 5.74) is 4.09. The number of pyridine rings is 1. The molecule has 0 aromatic carbocycles. The first-order valence-electron chi connectivity index (χ1n) is 5.19. The topological polar surface area (TPSA) is 56.0 Å². The number of hydrogen-bond acceptors (Lipinski definition) is 3. The zero-order valence-electron chi connectivity index (χ0n) is 9.29. The minimum atomic E-state index is -4.57. The molecule has 0 bridgehead atoms. The summed E-state index contributed by atoms with van der Waals surface area (Å²) in [4.78, 5) is 15.3. The van der Waals surface area contributed by atoms with Crippen molar-refractivity contribution in [1.82, 2.24) is 4.98 Å². The summed E-state index contributed by atoms with van der Waals surface area (Å²) in [5.74, 6) is -0.715. The predicted molar refractivity (Wildman–Crippen MR) is 56.5 cm³/mol. The van der Waals surface area contributed by atoms with Crippen LogP contribution in [0.25, 0.3) is 0 Å². The fourth-order valence-electron chi connectivity index (χ4n) is 1.48. The number of rotatable bonds is 4. The van der Waals surface area contributed by atoms with E-state index in [2.05, 4.69) is 4.98 Å². The van der Waals surface area contributed by atoms with Gasteiger partial charge in [0.25, 0.3) is 0 Å². The number of Topliss-reactive ketones (excluding diaryl/α,β-unsaturated/α-hetero) is 1. The molecular weight excluding hydrogens is 233 g/mol. The Labute approximate surface area is 96.8 Å². The van der Waals surface area contributed by atoms with Gasteiger partial charge in [0, 0.05) is 18.0 Å². The molecule has 2 N–H and O–H groups in total. The normalized spacial score (nSPS) is 13.5. The Bertz CT molecular complexity index is 404. The Hall–Kier alpha value is -1.43. The molecule has 0 saturated heterocycles. The lowest BCUT2D eigenvalue weighted by atomic mass is 9.98. The highest BCUT2D eigenvalue weighted by Gasteiger charge is 2.35. The summed E-state index contributed by atoms with van der Waals surface area (Å²) in [6.45, 7) is 1.81. The van der Waals surface area contributed by atoms with Crippen molar-refractivity contribution in [2.45, 2.75) is 32.0 Å². The molecule has 1 heterocycles. The number of aromatic nitrogens is 1. The monoisotopic (exact) mass is 246 g/mol. The Balaban J connectivity index is 3.10. The Morgan fingerprint density at radius 3 is 2.71 bits per heavy atom. The van der Waals surface area contributed by atoms with Gasteiger partial charge in [-0.15, -0.1) is 0 Å². The predicted octanol–water partition coefficient (Wildman–Crippen LogP) is 2.41. The first kappa shape index (κ1) is 13.6. The highest BCUT2D eigenvalue weighted by Crippen LogP contribution is 2.31. The van der Waals surface area contributed by atoms with Crippen molar-refractivity contribution in [3.8, 4) is 0 Å². The van der Waals surface area contributed by atoms with Crippen molar-refractivity contribution < 1.29 is 18.0 Å². The second-order valence-corrected chi connectivity index (χ2v) is 3.68. The second-order valence-electron chi connectivity index (χ2n) is 3.68. The van der Waals surface area contributed by atoms with Gasteiger partial charge in [-0.05, 0) is 12.5 Å². The van der Waals surface area contributed by atoms with E-state index in [9.17, 15) is 18.0 Å². The highest BCUT2D eigenvalue weighted by molar-refractivity contribution is 6.01. The van der Waals surface area contributed by atoms with E-state index in [1.807, 2.05) is 0 Å². The number of carbonyl (C=O) groups is 1. The number of alkyl halides is 3. The van der Waals surface area contributed by atoms with E-state index in [1.165, 1.54) is 0 Å². The van der Waals surface area contributed by atoms with E-state index in [1.54, 1.807) is 6.92 Å². The lowest BCUT2D eigenvalue weighted by Gasteiger charge is -2.14. The van der Waals surface area contributed by atoms with E-state index in [0.29, 0.717) is 12.8 Å². The van der Waals surface area contributed by atoms with Crippen LogP contribution in [-0.2, 0) is 6.18 Å². The maximum atomic E-state index is 12.6. The van der Waals surface area contributed by atoms with Gasteiger partial charge in [-0.1, -0.05) is 13.3 Å². The molecule has 1 rings (SSSR count). The third-order valence-corrected chi connectivity index (χ3v) is 2.33. The summed E-state index contributed by atoms with van der Waals surface area (Å²) in [7, 11) is 0. The lowest BCUT2D eigenvalue weighted by molar-refractivity contribution is -0.138. The van der Waals surface area contributed by atoms with Gasteiger partial charge in [0.1, 0.15) is 0 Å². The van der Waals surface area contributed by atoms with Gasteiger partial charge in [-0.25, -0.2) is 0 Å².